The van der Waals surface area contributed by atoms with Crippen molar-refractivity contribution in [2.24, 2.45) is 7.05 Å². The first-order chi connectivity index (χ1) is 18.2. The molecule has 0 fully saturated rings. The van der Waals surface area contributed by atoms with Crippen molar-refractivity contribution in [1.29, 1.82) is 0 Å². The van der Waals surface area contributed by atoms with Gasteiger partial charge in [-0.05, 0) is 58.0 Å². The van der Waals surface area contributed by atoms with Gasteiger partial charge in [-0.25, -0.2) is 24.3 Å². The fourth-order valence-electron chi connectivity index (χ4n) is 4.22. The number of anilines is 1. The zero-order chi connectivity index (χ0) is 27.0. The van der Waals surface area contributed by atoms with E-state index in [0.717, 1.165) is 16.7 Å². The molecule has 5 rings (SSSR count). The SMILES string of the molecule is CNC(C)C(=O)Nc1cc(-c2ncnc3c(C)nn(C)c23)cc(C#Cc2cc(C)nc3c(F)cccc23)n1. The molecule has 5 aromatic rings. The number of carbonyl (C=O) groups is 1. The molecular weight excluding hydrogens is 483 g/mol. The molecule has 0 saturated carbocycles. The van der Waals surface area contributed by atoms with E-state index in [9.17, 15) is 9.18 Å². The smallest absolute Gasteiger partial charge is 0.242 e. The Morgan fingerprint density at radius 1 is 1.08 bits per heavy atom. The van der Waals surface area contributed by atoms with Crippen LogP contribution in [0.25, 0.3) is 33.2 Å². The largest absolute Gasteiger partial charge is 0.309 e. The molecule has 9 nitrogen and oxygen atoms in total. The maximum Gasteiger partial charge on any atom is 0.242 e. The summed E-state index contributed by atoms with van der Waals surface area (Å²) in [5.41, 5.74) is 5.53. The van der Waals surface area contributed by atoms with Gasteiger partial charge < -0.3 is 10.6 Å². The molecule has 0 aliphatic rings. The number of amides is 1. The molecule has 0 spiro atoms. The first kappa shape index (κ1) is 24.9. The molecule has 4 aromatic heterocycles. The predicted octanol–water partition coefficient (Wildman–Crippen LogP) is 3.68. The number of aromatic nitrogens is 6. The first-order valence-electron chi connectivity index (χ1n) is 12.0. The Hall–Kier alpha value is -4.75. The van der Waals surface area contributed by atoms with Gasteiger partial charge in [-0.2, -0.15) is 5.10 Å². The molecule has 0 bridgehead atoms. The molecule has 0 aliphatic carbocycles. The fraction of sp³-hybridized carbons (Fsp3) is 0.214. The normalized spacial score (nSPS) is 11.8. The molecular formula is C28H25FN8O. The lowest BCUT2D eigenvalue weighted by atomic mass is 10.1. The number of likely N-dealkylation sites (N-methyl/N-ethyl adjacent to an activating group) is 1. The van der Waals surface area contributed by atoms with Gasteiger partial charge in [0.2, 0.25) is 5.91 Å². The van der Waals surface area contributed by atoms with Gasteiger partial charge in [0.1, 0.15) is 40.2 Å². The number of pyridine rings is 2. The lowest BCUT2D eigenvalue weighted by Crippen LogP contribution is -2.35. The quantitative estimate of drug-likeness (QED) is 0.356. The van der Waals surface area contributed by atoms with E-state index in [2.05, 4.69) is 47.5 Å². The summed E-state index contributed by atoms with van der Waals surface area (Å²) >= 11 is 0. The zero-order valence-electron chi connectivity index (χ0n) is 21.6. The van der Waals surface area contributed by atoms with Crippen LogP contribution in [0.4, 0.5) is 10.2 Å². The molecule has 0 radical (unpaired) electrons. The monoisotopic (exact) mass is 508 g/mol. The maximum atomic E-state index is 14.4. The van der Waals surface area contributed by atoms with Gasteiger partial charge in [0, 0.05) is 29.3 Å². The Morgan fingerprint density at radius 2 is 1.89 bits per heavy atom. The Balaban J connectivity index is 1.67. The number of aryl methyl sites for hydroxylation is 3. The Labute approximate surface area is 218 Å². The van der Waals surface area contributed by atoms with Crippen molar-refractivity contribution >= 4 is 33.7 Å². The van der Waals surface area contributed by atoms with Gasteiger partial charge in [-0.1, -0.05) is 18.1 Å². The number of nitrogens with one attached hydrogen (secondary N) is 2. The van der Waals surface area contributed by atoms with Crippen molar-refractivity contribution < 1.29 is 9.18 Å². The van der Waals surface area contributed by atoms with Gasteiger partial charge in [-0.3, -0.25) is 9.48 Å². The summed E-state index contributed by atoms with van der Waals surface area (Å²) in [6.45, 7) is 5.43. The molecule has 1 aromatic carbocycles. The van der Waals surface area contributed by atoms with Crippen LogP contribution in [0, 0.1) is 31.5 Å². The summed E-state index contributed by atoms with van der Waals surface area (Å²) in [6, 6.07) is 9.71. The highest BCUT2D eigenvalue weighted by Crippen LogP contribution is 2.28. The maximum absolute atomic E-state index is 14.4. The average Bonchev–Trinajstić information content (AvgIpc) is 3.20. The van der Waals surface area contributed by atoms with Crippen LogP contribution in [0.5, 0.6) is 0 Å². The molecule has 0 aliphatic heterocycles. The third-order valence-electron chi connectivity index (χ3n) is 6.21. The van der Waals surface area contributed by atoms with Crippen molar-refractivity contribution in [3.05, 3.63) is 71.2 Å². The van der Waals surface area contributed by atoms with Crippen LogP contribution in [0.1, 0.15) is 29.6 Å². The highest BCUT2D eigenvalue weighted by Gasteiger charge is 2.17. The van der Waals surface area contributed by atoms with E-state index in [-0.39, 0.29) is 11.4 Å². The number of benzene rings is 1. The summed E-state index contributed by atoms with van der Waals surface area (Å²) < 4.78 is 16.1. The average molecular weight is 509 g/mol. The molecule has 0 saturated heterocycles. The number of para-hydroxylation sites is 1. The van der Waals surface area contributed by atoms with Crippen LogP contribution in [-0.4, -0.2) is 48.7 Å². The van der Waals surface area contributed by atoms with Crippen molar-refractivity contribution in [1.82, 2.24) is 35.0 Å². The van der Waals surface area contributed by atoms with E-state index in [1.54, 1.807) is 49.8 Å². The Kier molecular flexibility index (Phi) is 6.53. The lowest BCUT2D eigenvalue weighted by molar-refractivity contribution is -0.117. The van der Waals surface area contributed by atoms with Crippen molar-refractivity contribution in [3.63, 3.8) is 0 Å². The van der Waals surface area contributed by atoms with Crippen LogP contribution in [-0.2, 0) is 11.8 Å². The number of hydrogen-bond donors (Lipinski definition) is 2. The molecule has 1 unspecified atom stereocenters. The summed E-state index contributed by atoms with van der Waals surface area (Å²) in [5, 5.41) is 10.9. The van der Waals surface area contributed by atoms with Crippen LogP contribution >= 0.6 is 0 Å². The van der Waals surface area contributed by atoms with Crippen LogP contribution < -0.4 is 10.6 Å². The summed E-state index contributed by atoms with van der Waals surface area (Å²) in [4.78, 5) is 30.4. The zero-order valence-corrected chi connectivity index (χ0v) is 21.6. The number of fused-ring (bicyclic) bond motifs is 2. The number of carbonyl (C=O) groups excluding carboxylic acids is 1. The molecule has 1 atom stereocenters. The van der Waals surface area contributed by atoms with Gasteiger partial charge in [0.15, 0.2) is 0 Å². The summed E-state index contributed by atoms with van der Waals surface area (Å²) in [5.74, 6) is 5.89. The van der Waals surface area contributed by atoms with Gasteiger partial charge >= 0.3 is 0 Å². The third-order valence-corrected chi connectivity index (χ3v) is 6.21. The van der Waals surface area contributed by atoms with Crippen molar-refractivity contribution in [2.75, 3.05) is 12.4 Å². The highest BCUT2D eigenvalue weighted by molar-refractivity contribution is 5.96. The van der Waals surface area contributed by atoms with Gasteiger partial charge in [0.25, 0.3) is 0 Å². The van der Waals surface area contributed by atoms with Crippen molar-refractivity contribution in [3.8, 4) is 23.1 Å². The molecule has 190 valence electrons. The van der Waals surface area contributed by atoms with Gasteiger partial charge in [-0.15, -0.1) is 0 Å². The summed E-state index contributed by atoms with van der Waals surface area (Å²) in [7, 11) is 3.54. The van der Waals surface area contributed by atoms with Crippen LogP contribution in [0.3, 0.4) is 0 Å². The van der Waals surface area contributed by atoms with Crippen LogP contribution in [0.15, 0.2) is 42.7 Å². The number of halogens is 1. The van der Waals surface area contributed by atoms with E-state index in [0.29, 0.717) is 39.4 Å². The van der Waals surface area contributed by atoms with Crippen LogP contribution in [0.2, 0.25) is 0 Å². The second kappa shape index (κ2) is 9.95. The number of hydrogen-bond acceptors (Lipinski definition) is 7. The number of nitrogens with zero attached hydrogens (tertiary/aromatic N) is 6. The molecule has 2 N–H and O–H groups in total. The molecule has 1 amide bonds. The van der Waals surface area contributed by atoms with E-state index in [1.807, 2.05) is 20.0 Å². The van der Waals surface area contributed by atoms with E-state index >= 15 is 0 Å². The fourth-order valence-corrected chi connectivity index (χ4v) is 4.22. The van der Waals surface area contributed by atoms with E-state index < -0.39 is 11.9 Å². The van der Waals surface area contributed by atoms with E-state index in [1.165, 1.54) is 12.4 Å². The minimum Gasteiger partial charge on any atom is -0.309 e. The first-order valence-corrected chi connectivity index (χ1v) is 12.0. The Bertz CT molecular complexity index is 1780. The minimum atomic E-state index is -0.429. The predicted molar refractivity (Wildman–Crippen MR) is 144 cm³/mol. The number of rotatable bonds is 4. The van der Waals surface area contributed by atoms with Gasteiger partial charge in [0.05, 0.1) is 17.4 Å². The van der Waals surface area contributed by atoms with Crippen molar-refractivity contribution in [2.45, 2.75) is 26.8 Å². The van der Waals surface area contributed by atoms with E-state index in [4.69, 9.17) is 0 Å². The molecule has 38 heavy (non-hydrogen) atoms. The second-order valence-corrected chi connectivity index (χ2v) is 8.95. The topological polar surface area (TPSA) is 111 Å². The molecule has 10 heteroatoms. The Morgan fingerprint density at radius 3 is 2.68 bits per heavy atom. The highest BCUT2D eigenvalue weighted by atomic mass is 19.1. The lowest BCUT2D eigenvalue weighted by Gasteiger charge is -2.12. The second-order valence-electron chi connectivity index (χ2n) is 8.95. The molecule has 4 heterocycles. The minimum absolute atomic E-state index is 0.244. The summed E-state index contributed by atoms with van der Waals surface area (Å²) in [6.07, 6.45) is 1.49. The standard InChI is InChI=1S/C28H25FN8O/c1-15-11-18(21-7-6-8-22(29)26(21)33-15)9-10-20-12-19(13-23(34-20)35-28(38)17(3)30-4)25-27-24(31-14-32-25)16(2)36-37(27)5/h6-8,11-14,17,30H,1-5H3,(H,34,35,38). The third kappa shape index (κ3) is 4.67.